The number of halogens is 1. The predicted octanol–water partition coefficient (Wildman–Crippen LogP) is 4.47. The van der Waals surface area contributed by atoms with Crippen LogP contribution >= 0.6 is 11.6 Å². The van der Waals surface area contributed by atoms with E-state index in [1.165, 1.54) is 4.90 Å². The predicted molar refractivity (Wildman–Crippen MR) is 85.2 cm³/mol. The molecule has 0 atom stereocenters. The number of rotatable bonds is 2. The Labute approximate surface area is 130 Å². The van der Waals surface area contributed by atoms with Gasteiger partial charge in [-0.3, -0.25) is 9.69 Å². The highest BCUT2D eigenvalue weighted by molar-refractivity contribution is 6.31. The summed E-state index contributed by atoms with van der Waals surface area (Å²) in [4.78, 5) is 14.1. The van der Waals surface area contributed by atoms with Gasteiger partial charge in [0.15, 0.2) is 0 Å². The summed E-state index contributed by atoms with van der Waals surface area (Å²) in [5, 5.41) is 9.80. The lowest BCUT2D eigenvalue weighted by Gasteiger charge is -2.26. The third-order valence-corrected chi connectivity index (χ3v) is 3.97. The quantitative estimate of drug-likeness (QED) is 0.808. The standard InChI is InChI=1S/C17H17ClN2O/c1-9(2)14-7-13(18)6-10(3)16(14)20-12(5)11(4)15(8-19)17(20)21/h6-7,9H,5H2,1-4H3. The second-order valence-electron chi connectivity index (χ2n) is 5.51. The molecule has 0 spiro atoms. The Hall–Kier alpha value is -2.05. The van der Waals surface area contributed by atoms with Gasteiger partial charge in [0.1, 0.15) is 11.6 Å². The van der Waals surface area contributed by atoms with E-state index in [0.29, 0.717) is 16.3 Å². The summed E-state index contributed by atoms with van der Waals surface area (Å²) in [6.07, 6.45) is 0. The highest BCUT2D eigenvalue weighted by Gasteiger charge is 2.35. The molecule has 1 heterocycles. The summed E-state index contributed by atoms with van der Waals surface area (Å²) in [6, 6.07) is 5.67. The first-order chi connectivity index (χ1) is 9.79. The smallest absolute Gasteiger partial charge is 0.273 e. The van der Waals surface area contributed by atoms with Crippen molar-refractivity contribution in [3.8, 4) is 6.07 Å². The van der Waals surface area contributed by atoms with E-state index >= 15 is 0 Å². The molecule has 21 heavy (non-hydrogen) atoms. The number of aryl methyl sites for hydroxylation is 1. The minimum atomic E-state index is -0.313. The number of benzene rings is 1. The number of anilines is 1. The van der Waals surface area contributed by atoms with Gasteiger partial charge in [-0.15, -0.1) is 0 Å². The van der Waals surface area contributed by atoms with Crippen LogP contribution in [0.2, 0.25) is 5.02 Å². The van der Waals surface area contributed by atoms with Crippen molar-refractivity contribution < 1.29 is 4.79 Å². The topological polar surface area (TPSA) is 44.1 Å². The fourth-order valence-electron chi connectivity index (χ4n) is 2.58. The first-order valence-electron chi connectivity index (χ1n) is 6.74. The molecule has 108 valence electrons. The maximum Gasteiger partial charge on any atom is 0.273 e. The Morgan fingerprint density at radius 2 is 1.95 bits per heavy atom. The van der Waals surface area contributed by atoms with Gasteiger partial charge < -0.3 is 0 Å². The average molecular weight is 301 g/mol. The molecule has 0 saturated heterocycles. The lowest BCUT2D eigenvalue weighted by Crippen LogP contribution is -2.27. The van der Waals surface area contributed by atoms with Crippen LogP contribution in [0.15, 0.2) is 35.6 Å². The van der Waals surface area contributed by atoms with Crippen molar-refractivity contribution in [1.29, 1.82) is 5.26 Å². The van der Waals surface area contributed by atoms with Gasteiger partial charge in [-0.1, -0.05) is 32.0 Å². The molecule has 1 aromatic carbocycles. The molecule has 0 radical (unpaired) electrons. The summed E-state index contributed by atoms with van der Waals surface area (Å²) < 4.78 is 0. The largest absolute Gasteiger partial charge is 0.276 e. The zero-order valence-electron chi connectivity index (χ0n) is 12.6. The summed E-state index contributed by atoms with van der Waals surface area (Å²) >= 11 is 6.14. The molecule has 2 rings (SSSR count). The third kappa shape index (κ3) is 2.36. The Balaban J connectivity index is 2.68. The van der Waals surface area contributed by atoms with E-state index in [1.807, 2.05) is 39.0 Å². The van der Waals surface area contributed by atoms with Crippen LogP contribution in [0.25, 0.3) is 0 Å². The number of hydrogen-bond acceptors (Lipinski definition) is 2. The van der Waals surface area contributed by atoms with Crippen molar-refractivity contribution >= 4 is 23.2 Å². The maximum atomic E-state index is 12.5. The van der Waals surface area contributed by atoms with Gasteiger partial charge in [-0.25, -0.2) is 0 Å². The van der Waals surface area contributed by atoms with Crippen LogP contribution in [0.1, 0.15) is 37.8 Å². The van der Waals surface area contributed by atoms with E-state index in [1.54, 1.807) is 6.92 Å². The number of carbonyl (C=O) groups is 1. The SMILES string of the molecule is C=C1C(C)=C(C#N)C(=O)N1c1c(C)cc(Cl)cc1C(C)C. The zero-order valence-corrected chi connectivity index (χ0v) is 13.4. The zero-order chi connectivity index (χ0) is 15.9. The van der Waals surface area contributed by atoms with E-state index in [-0.39, 0.29) is 17.4 Å². The van der Waals surface area contributed by atoms with Crippen LogP contribution in [0.4, 0.5) is 5.69 Å². The van der Waals surface area contributed by atoms with Gasteiger partial charge in [-0.2, -0.15) is 5.26 Å². The minimum Gasteiger partial charge on any atom is -0.276 e. The van der Waals surface area contributed by atoms with Crippen LogP contribution in [0.5, 0.6) is 0 Å². The second-order valence-corrected chi connectivity index (χ2v) is 5.95. The molecule has 0 bridgehead atoms. The van der Waals surface area contributed by atoms with Crippen LogP contribution in [-0.4, -0.2) is 5.91 Å². The van der Waals surface area contributed by atoms with Crippen LogP contribution in [0.3, 0.4) is 0 Å². The Morgan fingerprint density at radius 1 is 1.33 bits per heavy atom. The molecule has 0 aliphatic carbocycles. The van der Waals surface area contributed by atoms with E-state index in [2.05, 4.69) is 6.58 Å². The molecule has 0 fully saturated rings. The molecule has 3 nitrogen and oxygen atoms in total. The van der Waals surface area contributed by atoms with Gasteiger partial charge >= 0.3 is 0 Å². The fraction of sp³-hybridized carbons (Fsp3) is 0.294. The van der Waals surface area contributed by atoms with E-state index in [4.69, 9.17) is 16.9 Å². The van der Waals surface area contributed by atoms with Crippen LogP contribution < -0.4 is 4.90 Å². The van der Waals surface area contributed by atoms with Gasteiger partial charge in [-0.05, 0) is 48.6 Å². The second kappa shape index (κ2) is 5.38. The average Bonchev–Trinajstić information content (AvgIpc) is 2.60. The van der Waals surface area contributed by atoms with Crippen LogP contribution in [0, 0.1) is 18.3 Å². The van der Waals surface area contributed by atoms with Gasteiger partial charge in [0.2, 0.25) is 0 Å². The van der Waals surface area contributed by atoms with E-state index in [0.717, 1.165) is 16.8 Å². The van der Waals surface area contributed by atoms with Gasteiger partial charge in [0.25, 0.3) is 5.91 Å². The summed E-state index contributed by atoms with van der Waals surface area (Å²) in [6.45, 7) is 11.7. The highest BCUT2D eigenvalue weighted by atomic mass is 35.5. The normalized spacial score (nSPS) is 15.2. The molecule has 1 amide bonds. The maximum absolute atomic E-state index is 12.5. The van der Waals surface area contributed by atoms with Crippen molar-refractivity contribution in [1.82, 2.24) is 0 Å². The molecule has 4 heteroatoms. The molecule has 1 aliphatic heterocycles. The first kappa shape index (κ1) is 15.3. The Morgan fingerprint density at radius 3 is 2.43 bits per heavy atom. The van der Waals surface area contributed by atoms with Crippen molar-refractivity contribution in [2.24, 2.45) is 0 Å². The fourth-order valence-corrected chi connectivity index (χ4v) is 2.86. The molecule has 0 unspecified atom stereocenters. The molecule has 1 aromatic rings. The Kier molecular flexibility index (Phi) is 3.93. The first-order valence-corrected chi connectivity index (χ1v) is 7.12. The number of allylic oxidation sites excluding steroid dienone is 1. The molecular weight excluding hydrogens is 284 g/mol. The number of amides is 1. The third-order valence-electron chi connectivity index (χ3n) is 3.75. The van der Waals surface area contributed by atoms with E-state index < -0.39 is 0 Å². The number of hydrogen-bond donors (Lipinski definition) is 0. The summed E-state index contributed by atoms with van der Waals surface area (Å²) in [7, 11) is 0. The van der Waals surface area contributed by atoms with Crippen molar-refractivity contribution in [2.75, 3.05) is 4.90 Å². The monoisotopic (exact) mass is 300 g/mol. The molecule has 0 N–H and O–H groups in total. The molecule has 1 aliphatic rings. The van der Waals surface area contributed by atoms with Crippen molar-refractivity contribution in [3.63, 3.8) is 0 Å². The summed E-state index contributed by atoms with van der Waals surface area (Å²) in [5.41, 5.74) is 4.00. The minimum absolute atomic E-state index is 0.157. The van der Waals surface area contributed by atoms with Crippen molar-refractivity contribution in [3.05, 3.63) is 51.7 Å². The lowest BCUT2D eigenvalue weighted by atomic mass is 9.97. The van der Waals surface area contributed by atoms with E-state index in [9.17, 15) is 4.79 Å². The molecular formula is C17H17ClN2O. The summed E-state index contributed by atoms with van der Waals surface area (Å²) in [5.74, 6) is -0.114. The Bertz CT molecular complexity index is 723. The number of nitriles is 1. The number of nitrogens with zero attached hydrogens (tertiary/aromatic N) is 2. The lowest BCUT2D eigenvalue weighted by molar-refractivity contribution is -0.113. The number of carbonyl (C=O) groups excluding carboxylic acids is 1. The molecule has 0 aromatic heterocycles. The van der Waals surface area contributed by atoms with Gasteiger partial charge in [0.05, 0.1) is 5.69 Å². The van der Waals surface area contributed by atoms with Crippen LogP contribution in [-0.2, 0) is 4.79 Å². The molecule has 0 saturated carbocycles. The van der Waals surface area contributed by atoms with Gasteiger partial charge in [0, 0.05) is 10.7 Å². The van der Waals surface area contributed by atoms with Crippen molar-refractivity contribution in [2.45, 2.75) is 33.6 Å². The highest BCUT2D eigenvalue weighted by Crippen LogP contribution is 2.40.